The number of nitrogens with two attached hydrogens (primary N) is 1. The summed E-state index contributed by atoms with van der Waals surface area (Å²) in [4.78, 5) is 26.5. The number of primary amides is 1. The van der Waals surface area contributed by atoms with Crippen LogP contribution in [0.4, 0.5) is 10.1 Å². The molecule has 2 amide bonds. The van der Waals surface area contributed by atoms with Crippen LogP contribution in [-0.4, -0.2) is 18.4 Å². The Balaban J connectivity index is 1.92. The fraction of sp³-hybridized carbons (Fsp3) is 0.222. The number of amides is 2. The zero-order chi connectivity index (χ0) is 16.4. The molecule has 3 rings (SSSR count). The Labute approximate surface area is 133 Å². The fourth-order valence-corrected chi connectivity index (χ4v) is 3.06. The van der Waals surface area contributed by atoms with Gasteiger partial charge in [0.1, 0.15) is 11.2 Å². The van der Waals surface area contributed by atoms with E-state index >= 15 is 0 Å². The Bertz CT molecular complexity index is 730. The minimum absolute atomic E-state index is 0.277. The summed E-state index contributed by atoms with van der Waals surface area (Å²) in [5, 5.41) is 0. The molecule has 4 nitrogen and oxygen atoms in total. The van der Waals surface area contributed by atoms with Crippen molar-refractivity contribution >= 4 is 17.5 Å². The molecule has 1 atom stereocenters. The zero-order valence-corrected chi connectivity index (χ0v) is 12.5. The first kappa shape index (κ1) is 15.2. The third-order valence-electron chi connectivity index (χ3n) is 4.38. The molecule has 2 aromatic rings. The van der Waals surface area contributed by atoms with Gasteiger partial charge in [0.25, 0.3) is 0 Å². The van der Waals surface area contributed by atoms with Gasteiger partial charge in [-0.25, -0.2) is 4.39 Å². The van der Waals surface area contributed by atoms with Crippen molar-refractivity contribution in [3.63, 3.8) is 0 Å². The molecule has 118 valence electrons. The summed E-state index contributed by atoms with van der Waals surface area (Å²) >= 11 is 0. The zero-order valence-electron chi connectivity index (χ0n) is 12.5. The van der Waals surface area contributed by atoms with E-state index in [9.17, 15) is 14.0 Å². The number of anilines is 1. The lowest BCUT2D eigenvalue weighted by Crippen LogP contribution is -2.46. The van der Waals surface area contributed by atoms with Crippen LogP contribution in [0.5, 0.6) is 0 Å². The molecule has 1 heterocycles. The van der Waals surface area contributed by atoms with Crippen LogP contribution in [0.1, 0.15) is 12.0 Å². The van der Waals surface area contributed by atoms with Crippen LogP contribution in [0, 0.1) is 11.2 Å². The van der Waals surface area contributed by atoms with Crippen molar-refractivity contribution in [2.24, 2.45) is 11.1 Å². The van der Waals surface area contributed by atoms with Gasteiger partial charge in [-0.05, 0) is 42.7 Å². The van der Waals surface area contributed by atoms with Crippen molar-refractivity contribution in [3.05, 3.63) is 66.0 Å². The van der Waals surface area contributed by atoms with Gasteiger partial charge in [0.05, 0.1) is 0 Å². The van der Waals surface area contributed by atoms with Crippen LogP contribution in [0.15, 0.2) is 54.6 Å². The van der Waals surface area contributed by atoms with Crippen molar-refractivity contribution in [1.29, 1.82) is 0 Å². The molecule has 0 spiro atoms. The quantitative estimate of drug-likeness (QED) is 0.880. The number of hydrogen-bond donors (Lipinski definition) is 1. The molecule has 1 aliphatic rings. The van der Waals surface area contributed by atoms with Gasteiger partial charge in [-0.15, -0.1) is 0 Å². The average Bonchev–Trinajstić information content (AvgIpc) is 2.87. The second kappa shape index (κ2) is 5.83. The molecule has 2 aromatic carbocycles. The normalized spacial score (nSPS) is 20.7. The SMILES string of the molecule is NC(=O)[C@]1(Cc2ccccc2)CCN(c2ccc(F)cc2)C1=O. The smallest absolute Gasteiger partial charge is 0.243 e. The van der Waals surface area contributed by atoms with E-state index in [2.05, 4.69) is 0 Å². The number of hydrogen-bond acceptors (Lipinski definition) is 2. The monoisotopic (exact) mass is 312 g/mol. The highest BCUT2D eigenvalue weighted by Crippen LogP contribution is 2.37. The minimum atomic E-state index is -1.24. The Kier molecular flexibility index (Phi) is 3.86. The minimum Gasteiger partial charge on any atom is -0.369 e. The molecule has 1 aliphatic heterocycles. The van der Waals surface area contributed by atoms with E-state index in [1.807, 2.05) is 30.3 Å². The molecular formula is C18H17FN2O2. The summed E-state index contributed by atoms with van der Waals surface area (Å²) in [6, 6.07) is 15.0. The van der Waals surface area contributed by atoms with Gasteiger partial charge in [-0.1, -0.05) is 30.3 Å². The van der Waals surface area contributed by atoms with E-state index in [0.717, 1.165) is 5.56 Å². The van der Waals surface area contributed by atoms with Crippen molar-refractivity contribution in [1.82, 2.24) is 0 Å². The molecule has 1 saturated heterocycles. The molecule has 0 radical (unpaired) electrons. The first-order chi connectivity index (χ1) is 11.0. The van der Waals surface area contributed by atoms with Gasteiger partial charge in [-0.3, -0.25) is 9.59 Å². The topological polar surface area (TPSA) is 63.4 Å². The lowest BCUT2D eigenvalue weighted by Gasteiger charge is -2.25. The van der Waals surface area contributed by atoms with Crippen LogP contribution >= 0.6 is 0 Å². The summed E-state index contributed by atoms with van der Waals surface area (Å²) < 4.78 is 13.1. The molecule has 0 unspecified atom stereocenters. The predicted octanol–water partition coefficient (Wildman–Crippen LogP) is 2.28. The third-order valence-corrected chi connectivity index (χ3v) is 4.38. The molecule has 2 N–H and O–H groups in total. The Morgan fingerprint density at radius 3 is 2.39 bits per heavy atom. The van der Waals surface area contributed by atoms with Crippen LogP contribution in [0.2, 0.25) is 0 Å². The van der Waals surface area contributed by atoms with Gasteiger partial charge in [0.2, 0.25) is 11.8 Å². The number of nitrogens with zero attached hydrogens (tertiary/aromatic N) is 1. The maximum absolute atomic E-state index is 13.1. The first-order valence-corrected chi connectivity index (χ1v) is 7.44. The van der Waals surface area contributed by atoms with E-state index in [4.69, 9.17) is 5.73 Å². The van der Waals surface area contributed by atoms with Crippen molar-refractivity contribution in [2.75, 3.05) is 11.4 Å². The highest BCUT2D eigenvalue weighted by Gasteiger charge is 2.51. The first-order valence-electron chi connectivity index (χ1n) is 7.44. The number of carbonyl (C=O) groups excluding carboxylic acids is 2. The van der Waals surface area contributed by atoms with E-state index < -0.39 is 11.3 Å². The summed E-state index contributed by atoms with van der Waals surface area (Å²) in [6.07, 6.45) is 0.632. The highest BCUT2D eigenvalue weighted by atomic mass is 19.1. The molecule has 23 heavy (non-hydrogen) atoms. The average molecular weight is 312 g/mol. The van der Waals surface area contributed by atoms with Crippen LogP contribution < -0.4 is 10.6 Å². The van der Waals surface area contributed by atoms with Gasteiger partial charge >= 0.3 is 0 Å². The molecule has 5 heteroatoms. The maximum atomic E-state index is 13.1. The number of carbonyl (C=O) groups is 2. The predicted molar refractivity (Wildman–Crippen MR) is 85.1 cm³/mol. The van der Waals surface area contributed by atoms with E-state index in [-0.39, 0.29) is 18.1 Å². The summed E-state index contributed by atoms with van der Waals surface area (Å²) in [7, 11) is 0. The summed E-state index contributed by atoms with van der Waals surface area (Å²) in [5.41, 5.74) is 5.81. The Morgan fingerprint density at radius 2 is 1.78 bits per heavy atom. The van der Waals surface area contributed by atoms with E-state index in [0.29, 0.717) is 18.7 Å². The fourth-order valence-electron chi connectivity index (χ4n) is 3.06. The van der Waals surface area contributed by atoms with Crippen molar-refractivity contribution in [3.8, 4) is 0 Å². The van der Waals surface area contributed by atoms with Crippen LogP contribution in [0.3, 0.4) is 0 Å². The Hall–Kier alpha value is -2.69. The van der Waals surface area contributed by atoms with E-state index in [1.54, 1.807) is 0 Å². The number of rotatable bonds is 4. The maximum Gasteiger partial charge on any atom is 0.243 e. The van der Waals surface area contributed by atoms with Crippen LogP contribution in [0.25, 0.3) is 0 Å². The van der Waals surface area contributed by atoms with Crippen LogP contribution in [-0.2, 0) is 16.0 Å². The molecule has 1 fully saturated rings. The van der Waals surface area contributed by atoms with Gasteiger partial charge in [0.15, 0.2) is 0 Å². The summed E-state index contributed by atoms with van der Waals surface area (Å²) in [5.74, 6) is -1.30. The molecule has 0 bridgehead atoms. The second-order valence-electron chi connectivity index (χ2n) is 5.79. The standard InChI is InChI=1S/C18H17FN2O2/c19-14-6-8-15(9-7-14)21-11-10-18(16(20)22,17(21)23)12-13-4-2-1-3-5-13/h1-9H,10-12H2,(H2,20,22)/t18-/m1/s1. The molecule has 0 saturated carbocycles. The van der Waals surface area contributed by atoms with Crippen molar-refractivity contribution in [2.45, 2.75) is 12.8 Å². The summed E-state index contributed by atoms with van der Waals surface area (Å²) in [6.45, 7) is 0.389. The number of halogens is 1. The van der Waals surface area contributed by atoms with Crippen molar-refractivity contribution < 1.29 is 14.0 Å². The third kappa shape index (κ3) is 2.70. The molecule has 0 aliphatic carbocycles. The highest BCUT2D eigenvalue weighted by molar-refractivity contribution is 6.13. The lowest BCUT2D eigenvalue weighted by molar-refractivity contribution is -0.137. The number of benzene rings is 2. The lowest BCUT2D eigenvalue weighted by atomic mass is 9.79. The largest absolute Gasteiger partial charge is 0.369 e. The van der Waals surface area contributed by atoms with E-state index in [1.165, 1.54) is 29.2 Å². The molecule has 0 aromatic heterocycles. The van der Waals surface area contributed by atoms with Gasteiger partial charge < -0.3 is 10.6 Å². The van der Waals surface area contributed by atoms with Gasteiger partial charge in [-0.2, -0.15) is 0 Å². The molecular weight excluding hydrogens is 295 g/mol. The Morgan fingerprint density at radius 1 is 1.13 bits per heavy atom. The van der Waals surface area contributed by atoms with Gasteiger partial charge in [0, 0.05) is 12.2 Å². The second-order valence-corrected chi connectivity index (χ2v) is 5.79.